The van der Waals surface area contributed by atoms with Gasteiger partial charge < -0.3 is 4.57 Å². The predicted octanol–water partition coefficient (Wildman–Crippen LogP) is 2.46. The minimum Gasteiger partial charge on any atom is -0.341 e. The van der Waals surface area contributed by atoms with Crippen molar-refractivity contribution < 1.29 is 0 Å². The van der Waals surface area contributed by atoms with Gasteiger partial charge in [-0.15, -0.1) is 0 Å². The molecule has 0 radical (unpaired) electrons. The summed E-state index contributed by atoms with van der Waals surface area (Å²) in [5, 5.41) is 0. The zero-order valence-corrected chi connectivity index (χ0v) is 8.31. The van der Waals surface area contributed by atoms with Gasteiger partial charge in [0.05, 0.1) is 11.2 Å². The Morgan fingerprint density at radius 2 is 2.33 bits per heavy atom. The standard InChI is InChI=1S/C12H9N3/c1-15-9-5-2-3-7-13-11(9)12-10(15)6-4-8-14-12/h2-6,8H,1H3. The van der Waals surface area contributed by atoms with Gasteiger partial charge in [-0.1, -0.05) is 6.08 Å². The molecule has 3 nitrogen and oxygen atoms in total. The summed E-state index contributed by atoms with van der Waals surface area (Å²) < 4.78 is 2.10. The number of nitrogens with zero attached hydrogens (tertiary/aromatic N) is 3. The van der Waals surface area contributed by atoms with Crippen LogP contribution < -0.4 is 0 Å². The summed E-state index contributed by atoms with van der Waals surface area (Å²) >= 11 is 0. The third kappa shape index (κ3) is 1.07. The van der Waals surface area contributed by atoms with Crippen molar-refractivity contribution >= 4 is 28.7 Å². The molecular formula is C12H9N3. The second-order valence-corrected chi connectivity index (χ2v) is 3.43. The van der Waals surface area contributed by atoms with Crippen molar-refractivity contribution in [3.63, 3.8) is 0 Å². The topological polar surface area (TPSA) is 30.2 Å². The van der Waals surface area contributed by atoms with Crippen LogP contribution in [0, 0.1) is 0 Å². The summed E-state index contributed by atoms with van der Waals surface area (Å²) in [7, 11) is 2.02. The van der Waals surface area contributed by atoms with Crippen LogP contribution in [0.3, 0.4) is 0 Å². The fourth-order valence-corrected chi connectivity index (χ4v) is 1.84. The predicted molar refractivity (Wildman–Crippen MR) is 61.4 cm³/mol. The lowest BCUT2D eigenvalue weighted by atomic mass is 10.3. The lowest BCUT2D eigenvalue weighted by Crippen LogP contribution is -1.89. The van der Waals surface area contributed by atoms with Crippen LogP contribution in [0.2, 0.25) is 0 Å². The summed E-state index contributed by atoms with van der Waals surface area (Å²) in [6, 6.07) is 3.98. The molecule has 2 aromatic heterocycles. The third-order valence-corrected chi connectivity index (χ3v) is 2.58. The van der Waals surface area contributed by atoms with Crippen LogP contribution in [-0.4, -0.2) is 15.4 Å². The Bertz CT molecular complexity index is 626. The molecule has 0 aliphatic carbocycles. The Morgan fingerprint density at radius 1 is 1.40 bits per heavy atom. The SMILES string of the molecule is Cn1c2c(c3ncccc31)N=C=CC=C2. The molecule has 1 aliphatic rings. The highest BCUT2D eigenvalue weighted by atomic mass is 15.0. The lowest BCUT2D eigenvalue weighted by Gasteiger charge is -1.97. The number of pyridine rings is 1. The lowest BCUT2D eigenvalue weighted by molar-refractivity contribution is 0.954. The van der Waals surface area contributed by atoms with Gasteiger partial charge in [0, 0.05) is 13.2 Å². The third-order valence-electron chi connectivity index (χ3n) is 2.58. The number of aliphatic imine (C=N–C) groups is 1. The number of rotatable bonds is 0. The van der Waals surface area contributed by atoms with E-state index in [1.807, 2.05) is 31.3 Å². The van der Waals surface area contributed by atoms with Gasteiger partial charge in [0.1, 0.15) is 11.2 Å². The van der Waals surface area contributed by atoms with Gasteiger partial charge in [-0.3, -0.25) is 4.98 Å². The van der Waals surface area contributed by atoms with E-state index in [1.54, 1.807) is 12.3 Å². The maximum Gasteiger partial charge on any atom is 0.124 e. The molecular weight excluding hydrogens is 186 g/mol. The van der Waals surface area contributed by atoms with Crippen LogP contribution in [0.15, 0.2) is 35.5 Å². The fraction of sp³-hybridized carbons (Fsp3) is 0.0833. The second-order valence-electron chi connectivity index (χ2n) is 3.43. The number of allylic oxidation sites excluding steroid dienone is 2. The van der Waals surface area contributed by atoms with E-state index in [-0.39, 0.29) is 0 Å². The first-order valence-electron chi connectivity index (χ1n) is 4.77. The van der Waals surface area contributed by atoms with Crippen LogP contribution in [0.25, 0.3) is 17.1 Å². The van der Waals surface area contributed by atoms with E-state index in [0.29, 0.717) is 0 Å². The average molecular weight is 195 g/mol. The van der Waals surface area contributed by atoms with E-state index in [1.165, 1.54) is 0 Å². The Labute approximate surface area is 87.1 Å². The van der Waals surface area contributed by atoms with Crippen molar-refractivity contribution in [2.75, 3.05) is 0 Å². The highest BCUT2D eigenvalue weighted by Crippen LogP contribution is 2.32. The first kappa shape index (κ1) is 8.21. The molecule has 0 atom stereocenters. The van der Waals surface area contributed by atoms with Gasteiger partial charge in [-0.05, 0) is 30.2 Å². The molecule has 2 aromatic rings. The average Bonchev–Trinajstić information content (AvgIpc) is 2.48. The Hall–Kier alpha value is -2.12. The maximum absolute atomic E-state index is 4.35. The van der Waals surface area contributed by atoms with Crippen LogP contribution >= 0.6 is 0 Å². The van der Waals surface area contributed by atoms with Crippen molar-refractivity contribution in [2.24, 2.45) is 12.0 Å². The smallest absolute Gasteiger partial charge is 0.124 e. The molecule has 0 saturated heterocycles. The van der Waals surface area contributed by atoms with Crippen molar-refractivity contribution in [1.82, 2.24) is 9.55 Å². The largest absolute Gasteiger partial charge is 0.341 e. The zero-order valence-electron chi connectivity index (χ0n) is 8.31. The van der Waals surface area contributed by atoms with Gasteiger partial charge >= 0.3 is 0 Å². The summed E-state index contributed by atoms with van der Waals surface area (Å²) in [5.74, 6) is 2.87. The molecule has 3 heteroatoms. The van der Waals surface area contributed by atoms with E-state index >= 15 is 0 Å². The molecule has 72 valence electrons. The molecule has 0 spiro atoms. The summed E-state index contributed by atoms with van der Waals surface area (Å²) in [6.45, 7) is 0. The van der Waals surface area contributed by atoms with Crippen LogP contribution in [0.4, 0.5) is 5.69 Å². The molecule has 0 bridgehead atoms. The van der Waals surface area contributed by atoms with Crippen LogP contribution in [0.1, 0.15) is 5.69 Å². The van der Waals surface area contributed by atoms with E-state index in [0.717, 1.165) is 22.4 Å². The highest BCUT2D eigenvalue weighted by Gasteiger charge is 2.13. The molecule has 0 fully saturated rings. The molecule has 0 unspecified atom stereocenters. The molecule has 0 aromatic carbocycles. The summed E-state index contributed by atoms with van der Waals surface area (Å²) in [4.78, 5) is 8.64. The number of aryl methyl sites for hydroxylation is 1. The van der Waals surface area contributed by atoms with Gasteiger partial charge in [0.2, 0.25) is 0 Å². The Balaban J connectivity index is 2.53. The Morgan fingerprint density at radius 3 is 3.27 bits per heavy atom. The minimum absolute atomic E-state index is 0.901. The van der Waals surface area contributed by atoms with Crippen LogP contribution in [0.5, 0.6) is 0 Å². The van der Waals surface area contributed by atoms with Gasteiger partial charge in [-0.2, -0.15) is 0 Å². The van der Waals surface area contributed by atoms with Crippen molar-refractivity contribution in [2.45, 2.75) is 0 Å². The number of fused-ring (bicyclic) bond motifs is 3. The van der Waals surface area contributed by atoms with E-state index in [9.17, 15) is 0 Å². The van der Waals surface area contributed by atoms with Crippen molar-refractivity contribution in [3.05, 3.63) is 36.2 Å². The molecule has 3 rings (SSSR count). The van der Waals surface area contributed by atoms with Crippen molar-refractivity contribution in [1.29, 1.82) is 0 Å². The molecule has 1 aliphatic heterocycles. The highest BCUT2D eigenvalue weighted by molar-refractivity contribution is 5.95. The summed E-state index contributed by atoms with van der Waals surface area (Å²) in [5.41, 5.74) is 4.00. The number of hydrogen-bond acceptors (Lipinski definition) is 2. The van der Waals surface area contributed by atoms with Gasteiger partial charge in [0.15, 0.2) is 0 Å². The fourth-order valence-electron chi connectivity index (χ4n) is 1.84. The van der Waals surface area contributed by atoms with E-state index in [2.05, 4.69) is 20.4 Å². The molecule has 3 heterocycles. The number of hydrogen-bond donors (Lipinski definition) is 0. The molecule has 0 N–H and O–H groups in total. The second kappa shape index (κ2) is 2.94. The first-order valence-corrected chi connectivity index (χ1v) is 4.77. The molecule has 0 amide bonds. The normalized spacial score (nSPS) is 13.1. The quantitative estimate of drug-likeness (QED) is 0.635. The molecule has 0 saturated carbocycles. The van der Waals surface area contributed by atoms with Crippen LogP contribution in [-0.2, 0) is 7.05 Å². The van der Waals surface area contributed by atoms with Gasteiger partial charge in [-0.25, -0.2) is 4.99 Å². The Kier molecular flexibility index (Phi) is 1.61. The number of aromatic nitrogens is 2. The van der Waals surface area contributed by atoms with Crippen molar-refractivity contribution in [3.8, 4) is 0 Å². The monoisotopic (exact) mass is 195 g/mol. The maximum atomic E-state index is 4.35. The van der Waals surface area contributed by atoms with Gasteiger partial charge in [0.25, 0.3) is 0 Å². The summed E-state index contributed by atoms with van der Waals surface area (Å²) in [6.07, 6.45) is 7.56. The molecule has 15 heavy (non-hydrogen) atoms. The van der Waals surface area contributed by atoms with E-state index in [4.69, 9.17) is 0 Å². The minimum atomic E-state index is 0.901. The first-order chi connectivity index (χ1) is 7.38. The van der Waals surface area contributed by atoms with E-state index < -0.39 is 0 Å². The zero-order chi connectivity index (χ0) is 10.3.